The molecule has 0 aliphatic carbocycles. The van der Waals surface area contributed by atoms with Crippen molar-refractivity contribution in [3.8, 4) is 5.75 Å². The highest BCUT2D eigenvalue weighted by Crippen LogP contribution is 2.28. The Morgan fingerprint density at radius 1 is 1.04 bits per heavy atom. The molecule has 0 saturated carbocycles. The van der Waals surface area contributed by atoms with E-state index in [1.54, 1.807) is 25.3 Å². The molecule has 0 aliphatic rings. The normalized spacial score (nSPS) is 10.5. The summed E-state index contributed by atoms with van der Waals surface area (Å²) in [5.74, 6) is 1.97. The van der Waals surface area contributed by atoms with E-state index < -0.39 is 0 Å². The molecule has 2 aromatic carbocycles. The number of aryl methyl sites for hydroxylation is 1. The predicted molar refractivity (Wildman–Crippen MR) is 107 cm³/mol. The minimum absolute atomic E-state index is 0.441. The van der Waals surface area contributed by atoms with Crippen molar-refractivity contribution in [2.45, 2.75) is 13.5 Å². The number of rotatable bonds is 6. The summed E-state index contributed by atoms with van der Waals surface area (Å²) in [4.78, 5) is 8.89. The summed E-state index contributed by atoms with van der Waals surface area (Å²) in [6, 6.07) is 14.9. The summed E-state index contributed by atoms with van der Waals surface area (Å²) in [7, 11) is 1.66. The Morgan fingerprint density at radius 2 is 1.85 bits per heavy atom. The lowest BCUT2D eigenvalue weighted by molar-refractivity contribution is 0.410. The van der Waals surface area contributed by atoms with Gasteiger partial charge in [0, 0.05) is 28.9 Å². The first-order valence-electron chi connectivity index (χ1n) is 7.98. The highest BCUT2D eigenvalue weighted by Gasteiger charge is 2.07. The Bertz CT molecular complexity index is 918. The largest absolute Gasteiger partial charge is 0.496 e. The van der Waals surface area contributed by atoms with Crippen molar-refractivity contribution in [1.29, 1.82) is 0 Å². The summed E-state index contributed by atoms with van der Waals surface area (Å²) in [6.07, 6.45) is 0. The van der Waals surface area contributed by atoms with Crippen LogP contribution in [0.25, 0.3) is 0 Å². The molecule has 0 aliphatic heterocycles. The van der Waals surface area contributed by atoms with Crippen molar-refractivity contribution in [3.63, 3.8) is 0 Å². The molecule has 0 bridgehead atoms. The van der Waals surface area contributed by atoms with Gasteiger partial charge in [0.2, 0.25) is 5.95 Å². The number of aromatic nitrogens is 2. The number of halogens is 2. The summed E-state index contributed by atoms with van der Waals surface area (Å²) in [6.45, 7) is 2.48. The van der Waals surface area contributed by atoms with Gasteiger partial charge in [0.1, 0.15) is 11.6 Å². The van der Waals surface area contributed by atoms with Crippen molar-refractivity contribution >= 4 is 40.7 Å². The average Bonchev–Trinajstić information content (AvgIpc) is 2.63. The van der Waals surface area contributed by atoms with Crippen molar-refractivity contribution in [1.82, 2.24) is 9.97 Å². The SMILES string of the molecule is COc1ccccc1CNc1cc(C)nc(Nc2cc(Cl)ccc2Cl)n1. The standard InChI is InChI=1S/C19H18Cl2N4O/c1-12-9-18(22-11-13-5-3-4-6-17(13)26-2)25-19(23-12)24-16-10-14(20)7-8-15(16)21/h3-10H,11H2,1-2H3,(H2,22,23,24,25). The first-order chi connectivity index (χ1) is 12.5. The van der Waals surface area contributed by atoms with Crippen LogP contribution in [0.5, 0.6) is 5.75 Å². The summed E-state index contributed by atoms with van der Waals surface area (Å²) < 4.78 is 5.37. The van der Waals surface area contributed by atoms with Crippen molar-refractivity contribution < 1.29 is 4.74 Å². The van der Waals surface area contributed by atoms with Gasteiger partial charge in [-0.05, 0) is 31.2 Å². The van der Waals surface area contributed by atoms with Gasteiger partial charge in [0.15, 0.2) is 0 Å². The fraction of sp³-hybridized carbons (Fsp3) is 0.158. The molecule has 1 aromatic heterocycles. The fourth-order valence-electron chi connectivity index (χ4n) is 2.46. The Balaban J connectivity index is 1.78. The van der Waals surface area contributed by atoms with E-state index in [-0.39, 0.29) is 0 Å². The molecule has 5 nitrogen and oxygen atoms in total. The Morgan fingerprint density at radius 3 is 2.65 bits per heavy atom. The number of ether oxygens (including phenoxy) is 1. The number of hydrogen-bond acceptors (Lipinski definition) is 5. The maximum Gasteiger partial charge on any atom is 0.229 e. The summed E-state index contributed by atoms with van der Waals surface area (Å²) >= 11 is 12.2. The molecule has 0 fully saturated rings. The second-order valence-corrected chi connectivity index (χ2v) is 6.48. The molecule has 0 spiro atoms. The number of nitrogens with zero attached hydrogens (tertiary/aromatic N) is 2. The maximum absolute atomic E-state index is 6.19. The highest BCUT2D eigenvalue weighted by molar-refractivity contribution is 6.35. The molecule has 0 unspecified atom stereocenters. The molecular formula is C19H18Cl2N4O. The molecule has 0 radical (unpaired) electrons. The minimum Gasteiger partial charge on any atom is -0.496 e. The quantitative estimate of drug-likeness (QED) is 0.587. The van der Waals surface area contributed by atoms with E-state index in [0.717, 1.165) is 17.0 Å². The van der Waals surface area contributed by atoms with Gasteiger partial charge in [-0.25, -0.2) is 4.98 Å². The molecule has 26 heavy (non-hydrogen) atoms. The van der Waals surface area contributed by atoms with Crippen LogP contribution < -0.4 is 15.4 Å². The van der Waals surface area contributed by atoms with E-state index in [9.17, 15) is 0 Å². The second-order valence-electron chi connectivity index (χ2n) is 5.63. The van der Waals surface area contributed by atoms with Gasteiger partial charge in [-0.15, -0.1) is 0 Å². The average molecular weight is 389 g/mol. The summed E-state index contributed by atoms with van der Waals surface area (Å²) in [5.41, 5.74) is 2.52. The van der Waals surface area contributed by atoms with Crippen molar-refractivity contribution in [3.05, 3.63) is 69.8 Å². The molecule has 0 amide bonds. The Hall–Kier alpha value is -2.50. The third-order valence-electron chi connectivity index (χ3n) is 3.68. The second kappa shape index (κ2) is 8.25. The van der Waals surface area contributed by atoms with Gasteiger partial charge in [-0.2, -0.15) is 4.98 Å². The van der Waals surface area contributed by atoms with Crippen LogP contribution in [0.1, 0.15) is 11.3 Å². The van der Waals surface area contributed by atoms with Gasteiger partial charge in [0.05, 0.1) is 17.8 Å². The number of benzene rings is 2. The molecule has 3 aromatic rings. The third kappa shape index (κ3) is 4.56. The fourth-order valence-corrected chi connectivity index (χ4v) is 2.80. The number of hydrogen-bond donors (Lipinski definition) is 2. The monoisotopic (exact) mass is 388 g/mol. The molecule has 0 atom stereocenters. The number of para-hydroxylation sites is 1. The van der Waals surface area contributed by atoms with Gasteiger partial charge in [-0.1, -0.05) is 41.4 Å². The number of nitrogens with one attached hydrogen (secondary N) is 2. The number of anilines is 3. The van der Waals surface area contributed by atoms with E-state index in [4.69, 9.17) is 27.9 Å². The molecule has 0 saturated heterocycles. The van der Waals surface area contributed by atoms with Crippen LogP contribution in [0.3, 0.4) is 0 Å². The first-order valence-corrected chi connectivity index (χ1v) is 8.74. The molecule has 3 rings (SSSR count). The summed E-state index contributed by atoms with van der Waals surface area (Å²) in [5, 5.41) is 7.54. The van der Waals surface area contributed by atoms with Gasteiger partial charge >= 0.3 is 0 Å². The van der Waals surface area contributed by atoms with Gasteiger partial charge in [-0.3, -0.25) is 0 Å². The third-order valence-corrected chi connectivity index (χ3v) is 4.25. The highest BCUT2D eigenvalue weighted by atomic mass is 35.5. The zero-order valence-electron chi connectivity index (χ0n) is 14.4. The zero-order chi connectivity index (χ0) is 18.5. The first kappa shape index (κ1) is 18.3. The van der Waals surface area contributed by atoms with E-state index in [2.05, 4.69) is 20.6 Å². The Kier molecular flexibility index (Phi) is 5.81. The van der Waals surface area contributed by atoms with Crippen LogP contribution in [-0.2, 0) is 6.54 Å². The molecule has 2 N–H and O–H groups in total. The van der Waals surface area contributed by atoms with E-state index in [1.807, 2.05) is 37.3 Å². The van der Waals surface area contributed by atoms with Crippen LogP contribution in [0.2, 0.25) is 10.0 Å². The maximum atomic E-state index is 6.19. The van der Waals surface area contributed by atoms with E-state index in [1.165, 1.54) is 0 Å². The van der Waals surface area contributed by atoms with Crippen molar-refractivity contribution in [2.75, 3.05) is 17.7 Å². The van der Waals surface area contributed by atoms with Gasteiger partial charge in [0.25, 0.3) is 0 Å². The minimum atomic E-state index is 0.441. The van der Waals surface area contributed by atoms with Crippen LogP contribution in [0.4, 0.5) is 17.5 Å². The van der Waals surface area contributed by atoms with Crippen molar-refractivity contribution in [2.24, 2.45) is 0 Å². The van der Waals surface area contributed by atoms with Crippen LogP contribution >= 0.6 is 23.2 Å². The Labute approximate surface area is 162 Å². The molecule has 7 heteroatoms. The molecular weight excluding hydrogens is 371 g/mol. The van der Waals surface area contributed by atoms with Crippen LogP contribution in [0.15, 0.2) is 48.5 Å². The van der Waals surface area contributed by atoms with E-state index >= 15 is 0 Å². The lowest BCUT2D eigenvalue weighted by Crippen LogP contribution is -2.06. The lowest BCUT2D eigenvalue weighted by Gasteiger charge is -2.12. The zero-order valence-corrected chi connectivity index (χ0v) is 15.9. The smallest absolute Gasteiger partial charge is 0.229 e. The van der Waals surface area contributed by atoms with Crippen LogP contribution in [-0.4, -0.2) is 17.1 Å². The molecule has 134 valence electrons. The lowest BCUT2D eigenvalue weighted by atomic mass is 10.2. The van der Waals surface area contributed by atoms with E-state index in [0.29, 0.717) is 34.0 Å². The predicted octanol–water partition coefficient (Wildman–Crippen LogP) is 5.46. The number of methoxy groups -OCH3 is 1. The van der Waals surface area contributed by atoms with Gasteiger partial charge < -0.3 is 15.4 Å². The van der Waals surface area contributed by atoms with Crippen LogP contribution in [0, 0.1) is 6.92 Å². The molecule has 1 heterocycles. The topological polar surface area (TPSA) is 59.1 Å².